The van der Waals surface area contributed by atoms with Crippen molar-refractivity contribution in [2.45, 2.75) is 53.3 Å². The minimum atomic E-state index is -1.42. The van der Waals surface area contributed by atoms with Crippen LogP contribution in [0.3, 0.4) is 0 Å². The first-order valence-electron chi connectivity index (χ1n) is 8.29. The van der Waals surface area contributed by atoms with Gasteiger partial charge in [-0.25, -0.2) is 0 Å². The lowest BCUT2D eigenvalue weighted by molar-refractivity contribution is 0.536. The molecule has 2 rings (SSSR count). The minimum absolute atomic E-state index is 0.561. The van der Waals surface area contributed by atoms with E-state index in [2.05, 4.69) is 83.7 Å². The van der Waals surface area contributed by atoms with Crippen LogP contribution >= 0.6 is 0 Å². The standard InChI is InChI=1S/C20H29NSi/c1-14(2)15(3)18-13-19(17-11-9-8-10-12-17)21-16(4)20(18)22(5,6)7/h8-15H,1-7H3. The van der Waals surface area contributed by atoms with Gasteiger partial charge in [0.05, 0.1) is 13.8 Å². The van der Waals surface area contributed by atoms with Crippen LogP contribution < -0.4 is 5.19 Å². The molecule has 0 amide bonds. The monoisotopic (exact) mass is 311 g/mol. The Kier molecular flexibility index (Phi) is 4.91. The second-order valence-corrected chi connectivity index (χ2v) is 12.7. The highest BCUT2D eigenvalue weighted by molar-refractivity contribution is 6.89. The summed E-state index contributed by atoms with van der Waals surface area (Å²) < 4.78 is 0. The van der Waals surface area contributed by atoms with Crippen LogP contribution in [0, 0.1) is 12.8 Å². The molecule has 1 atom stereocenters. The summed E-state index contributed by atoms with van der Waals surface area (Å²) in [6.07, 6.45) is 0. The second-order valence-electron chi connectivity index (χ2n) is 7.71. The van der Waals surface area contributed by atoms with Crippen LogP contribution in [0.4, 0.5) is 0 Å². The third kappa shape index (κ3) is 3.49. The van der Waals surface area contributed by atoms with Gasteiger partial charge in [0.15, 0.2) is 0 Å². The zero-order chi connectivity index (χ0) is 16.5. The quantitative estimate of drug-likeness (QED) is 0.692. The Morgan fingerprint density at radius 1 is 0.955 bits per heavy atom. The molecule has 1 aromatic heterocycles. The second kappa shape index (κ2) is 6.37. The molecule has 0 N–H and O–H groups in total. The average molecular weight is 312 g/mol. The number of nitrogens with zero attached hydrogens (tertiary/aromatic N) is 1. The van der Waals surface area contributed by atoms with Gasteiger partial charge in [0, 0.05) is 11.3 Å². The lowest BCUT2D eigenvalue weighted by Gasteiger charge is -2.28. The Hall–Kier alpha value is -1.41. The van der Waals surface area contributed by atoms with Gasteiger partial charge in [-0.2, -0.15) is 0 Å². The van der Waals surface area contributed by atoms with Crippen LogP contribution in [0.25, 0.3) is 11.3 Å². The zero-order valence-corrected chi connectivity index (χ0v) is 16.1. The molecule has 2 aromatic rings. The van der Waals surface area contributed by atoms with Crippen molar-refractivity contribution in [1.29, 1.82) is 0 Å². The van der Waals surface area contributed by atoms with Crippen molar-refractivity contribution in [2.24, 2.45) is 5.92 Å². The summed E-state index contributed by atoms with van der Waals surface area (Å²) in [6.45, 7) is 16.5. The molecule has 2 heteroatoms. The van der Waals surface area contributed by atoms with Crippen LogP contribution in [0.2, 0.25) is 19.6 Å². The van der Waals surface area contributed by atoms with E-state index in [1.807, 2.05) is 0 Å². The number of hydrogen-bond acceptors (Lipinski definition) is 1. The fourth-order valence-electron chi connectivity index (χ4n) is 3.15. The molecule has 118 valence electrons. The Morgan fingerprint density at radius 3 is 2.05 bits per heavy atom. The Balaban J connectivity index is 2.68. The maximum absolute atomic E-state index is 4.95. The number of pyridine rings is 1. The van der Waals surface area contributed by atoms with Crippen molar-refractivity contribution in [3.8, 4) is 11.3 Å². The van der Waals surface area contributed by atoms with Crippen LogP contribution in [0.15, 0.2) is 36.4 Å². The van der Waals surface area contributed by atoms with E-state index in [0.717, 1.165) is 5.69 Å². The molecule has 0 spiro atoms. The Morgan fingerprint density at radius 2 is 1.55 bits per heavy atom. The fourth-order valence-corrected chi connectivity index (χ4v) is 5.46. The minimum Gasteiger partial charge on any atom is -0.253 e. The number of rotatable bonds is 4. The van der Waals surface area contributed by atoms with Gasteiger partial charge in [-0.1, -0.05) is 70.7 Å². The maximum Gasteiger partial charge on any atom is 0.0803 e. The molecule has 0 bridgehead atoms. The number of aromatic nitrogens is 1. The predicted molar refractivity (Wildman–Crippen MR) is 101 cm³/mol. The van der Waals surface area contributed by atoms with Crippen molar-refractivity contribution < 1.29 is 0 Å². The van der Waals surface area contributed by atoms with E-state index in [0.29, 0.717) is 11.8 Å². The number of aryl methyl sites for hydroxylation is 1. The Labute approximate surface area is 136 Å². The van der Waals surface area contributed by atoms with Gasteiger partial charge in [0.2, 0.25) is 0 Å². The highest BCUT2D eigenvalue weighted by Gasteiger charge is 2.27. The molecule has 0 fully saturated rings. The molecule has 1 heterocycles. The summed E-state index contributed by atoms with van der Waals surface area (Å²) in [5.74, 6) is 1.20. The van der Waals surface area contributed by atoms with Gasteiger partial charge >= 0.3 is 0 Å². The molecular weight excluding hydrogens is 282 g/mol. The van der Waals surface area contributed by atoms with Gasteiger partial charge in [-0.3, -0.25) is 4.98 Å². The van der Waals surface area contributed by atoms with Crippen molar-refractivity contribution in [3.63, 3.8) is 0 Å². The van der Waals surface area contributed by atoms with Gasteiger partial charge < -0.3 is 0 Å². The lowest BCUT2D eigenvalue weighted by atomic mass is 9.89. The van der Waals surface area contributed by atoms with Crippen LogP contribution in [-0.2, 0) is 0 Å². The zero-order valence-electron chi connectivity index (χ0n) is 15.1. The number of benzene rings is 1. The van der Waals surface area contributed by atoms with E-state index >= 15 is 0 Å². The summed E-state index contributed by atoms with van der Waals surface area (Å²) >= 11 is 0. The molecule has 0 radical (unpaired) electrons. The normalized spacial score (nSPS) is 13.5. The first kappa shape index (κ1) is 16.9. The third-order valence-corrected chi connectivity index (χ3v) is 6.69. The van der Waals surface area contributed by atoms with E-state index in [4.69, 9.17) is 4.98 Å². The molecule has 1 nitrogen and oxygen atoms in total. The molecule has 1 aromatic carbocycles. The van der Waals surface area contributed by atoms with Crippen LogP contribution in [-0.4, -0.2) is 13.1 Å². The summed E-state index contributed by atoms with van der Waals surface area (Å²) in [7, 11) is -1.42. The molecule has 0 aliphatic heterocycles. The molecule has 0 saturated heterocycles. The molecule has 0 aliphatic rings. The summed E-state index contributed by atoms with van der Waals surface area (Å²) in [6, 6.07) is 12.9. The SMILES string of the molecule is Cc1nc(-c2ccccc2)cc(C(C)C(C)C)c1[Si](C)(C)C. The molecular formula is C20H29NSi. The molecule has 0 saturated carbocycles. The van der Waals surface area contributed by atoms with Crippen molar-refractivity contribution in [3.05, 3.63) is 47.7 Å². The van der Waals surface area contributed by atoms with Crippen molar-refractivity contribution in [2.75, 3.05) is 0 Å². The van der Waals surface area contributed by atoms with Gasteiger partial charge in [-0.05, 0) is 35.6 Å². The lowest BCUT2D eigenvalue weighted by Crippen LogP contribution is -2.43. The molecule has 22 heavy (non-hydrogen) atoms. The van der Waals surface area contributed by atoms with Crippen LogP contribution in [0.1, 0.15) is 37.9 Å². The van der Waals surface area contributed by atoms with E-state index in [1.165, 1.54) is 16.8 Å². The average Bonchev–Trinajstić information content (AvgIpc) is 2.45. The van der Waals surface area contributed by atoms with Crippen LogP contribution in [0.5, 0.6) is 0 Å². The smallest absolute Gasteiger partial charge is 0.0803 e. The number of hydrogen-bond donors (Lipinski definition) is 0. The van der Waals surface area contributed by atoms with E-state index < -0.39 is 8.07 Å². The van der Waals surface area contributed by atoms with E-state index in [9.17, 15) is 0 Å². The largest absolute Gasteiger partial charge is 0.253 e. The van der Waals surface area contributed by atoms with E-state index in [1.54, 1.807) is 5.19 Å². The van der Waals surface area contributed by atoms with Gasteiger partial charge in [0.1, 0.15) is 0 Å². The van der Waals surface area contributed by atoms with Gasteiger partial charge in [-0.15, -0.1) is 0 Å². The Bertz CT molecular complexity index is 639. The summed E-state index contributed by atoms with van der Waals surface area (Å²) in [5, 5.41) is 1.55. The molecule has 1 unspecified atom stereocenters. The first-order valence-corrected chi connectivity index (χ1v) is 11.8. The first-order chi connectivity index (χ1) is 10.2. The van der Waals surface area contributed by atoms with Crippen molar-refractivity contribution >= 4 is 13.3 Å². The topological polar surface area (TPSA) is 12.9 Å². The van der Waals surface area contributed by atoms with Crippen molar-refractivity contribution in [1.82, 2.24) is 4.98 Å². The molecule has 0 aliphatic carbocycles. The summed E-state index contributed by atoms with van der Waals surface area (Å²) in [4.78, 5) is 4.95. The summed E-state index contributed by atoms with van der Waals surface area (Å²) in [5.41, 5.74) is 5.07. The fraction of sp³-hybridized carbons (Fsp3) is 0.450. The predicted octanol–water partition coefficient (Wildman–Crippen LogP) is 5.36. The highest BCUT2D eigenvalue weighted by Crippen LogP contribution is 2.28. The highest BCUT2D eigenvalue weighted by atomic mass is 28.3. The maximum atomic E-state index is 4.95. The van der Waals surface area contributed by atoms with Gasteiger partial charge in [0.25, 0.3) is 0 Å². The van der Waals surface area contributed by atoms with E-state index in [-0.39, 0.29) is 0 Å². The third-order valence-electron chi connectivity index (χ3n) is 4.54.